The third-order valence-corrected chi connectivity index (χ3v) is 10.9. The number of anilines is 1. The number of nitrogens with two attached hydrogens (primary N) is 1. The molecule has 4 aromatic carbocycles. The zero-order valence-electron chi connectivity index (χ0n) is 33.5. The van der Waals surface area contributed by atoms with Gasteiger partial charge in [-0.05, 0) is 66.4 Å². The smallest absolute Gasteiger partial charge is 0.744 e. The van der Waals surface area contributed by atoms with E-state index < -0.39 is 66.8 Å². The Bertz CT molecular complexity index is 2420. The number of hydrogen-bond acceptors (Lipinski definition) is 28. The van der Waals surface area contributed by atoms with Gasteiger partial charge < -0.3 is 35.2 Å². The molecule has 0 aliphatic carbocycles. The van der Waals surface area contributed by atoms with Crippen molar-refractivity contribution in [1.29, 1.82) is 0 Å². The molecule has 0 amide bonds. The minimum atomic E-state index is -5.32. The van der Waals surface area contributed by atoms with Crippen LogP contribution in [0.25, 0.3) is 10.8 Å². The van der Waals surface area contributed by atoms with E-state index in [1.807, 2.05) is 0 Å². The van der Waals surface area contributed by atoms with Crippen molar-refractivity contribution in [3.63, 3.8) is 0 Å². The van der Waals surface area contributed by atoms with Crippen molar-refractivity contribution >= 4 is 107 Å². The summed E-state index contributed by atoms with van der Waals surface area (Å²) in [6.07, 6.45) is 0. The first-order chi connectivity index (χ1) is 28.1. The van der Waals surface area contributed by atoms with E-state index in [4.69, 9.17) is 28.1 Å². The SMILES string of the molecule is COc1cc(SOOCCOSOO[O-])c(C)cc1N=Nc1c(SOO[O-])cc2cc(S(=O)(=O)[O-])c(N=Nc3ccc(S(=O)OCCOS(=O)(=O)[O-])cc3)c(N)c2c1O.[2HH].[Na+].[Na+].[Na+].[Na+]. The van der Waals surface area contributed by atoms with E-state index >= 15 is 0 Å². The molecule has 0 radical (unpaired) electrons. The van der Waals surface area contributed by atoms with Crippen LogP contribution in [-0.4, -0.2) is 68.8 Å². The molecule has 0 saturated heterocycles. The summed E-state index contributed by atoms with van der Waals surface area (Å²) in [5, 5.41) is 54.1. The Kier molecular flexibility index (Phi) is 31.6. The molecule has 0 aliphatic rings. The van der Waals surface area contributed by atoms with Crippen LogP contribution >= 0.6 is 36.4 Å². The second kappa shape index (κ2) is 31.4. The van der Waals surface area contributed by atoms with Crippen molar-refractivity contribution in [2.75, 3.05) is 39.3 Å². The monoisotopic (exact) mass is 1040 g/mol. The van der Waals surface area contributed by atoms with Gasteiger partial charge in [0.05, 0.1) is 82.5 Å². The van der Waals surface area contributed by atoms with Crippen LogP contribution < -0.4 is 139 Å². The standard InChI is InChI=1S/C28H29N5O20S6.4Na.H2/c1-15-11-19(20(44-2)14-21(15)54-51-45-7-8-46-56-53-50-36)31-32-26-22(55-52-49-35)12-16-13-23(58(38,39)40)27(25(29)24(16)28(26)34)33-30-17-3-5-18(6-4-17)57(37)47-9-10-48-59(41,42)43;;;;;/h3-6,11-14,34-36H,7-10,29H2,1-2H3,(H,38,39,40)(H,41,42,43);;;;;1H/q;4*+1;/p-4/i;;;;;1+1. The second-order valence-electron chi connectivity index (χ2n) is 10.5. The molecule has 0 spiro atoms. The van der Waals surface area contributed by atoms with Gasteiger partial charge in [0.15, 0.2) is 29.2 Å². The molecule has 25 nitrogen and oxygen atoms in total. The first-order valence-electron chi connectivity index (χ1n) is 15.3. The predicted molar refractivity (Wildman–Crippen MR) is 197 cm³/mol. The van der Waals surface area contributed by atoms with Crippen LogP contribution in [-0.2, 0) is 72.1 Å². The summed E-state index contributed by atoms with van der Waals surface area (Å²) in [5.41, 5.74) is 5.46. The molecular weight excluding hydrogens is 1010 g/mol. The van der Waals surface area contributed by atoms with Gasteiger partial charge in [0.2, 0.25) is 10.4 Å². The van der Waals surface area contributed by atoms with Gasteiger partial charge in [-0.2, -0.15) is 13.8 Å². The fraction of sp³-hybridized carbons (Fsp3) is 0.214. The summed E-state index contributed by atoms with van der Waals surface area (Å²) in [6, 6.07) is 10.1. The minimum Gasteiger partial charge on any atom is -0.744 e. The van der Waals surface area contributed by atoms with Crippen LogP contribution in [0.1, 0.15) is 6.99 Å². The fourth-order valence-corrected chi connectivity index (χ4v) is 7.25. The average molecular weight is 1040 g/mol. The topological polar surface area (TPSA) is 366 Å². The molecule has 4 rings (SSSR count). The molecule has 0 heterocycles. The summed E-state index contributed by atoms with van der Waals surface area (Å²) in [5.74, 6) is -0.573. The van der Waals surface area contributed by atoms with Crippen molar-refractivity contribution in [2.24, 2.45) is 20.5 Å². The Labute approximate surface area is 463 Å². The Morgan fingerprint density at radius 3 is 2.08 bits per heavy atom. The molecule has 0 aliphatic heterocycles. The molecule has 4 aromatic rings. The molecule has 3 N–H and O–H groups in total. The van der Waals surface area contributed by atoms with Crippen molar-refractivity contribution in [1.82, 2.24) is 0 Å². The number of rotatable bonds is 24. The number of aryl methyl sites for hydroxylation is 1. The zero-order valence-corrected chi connectivity index (χ0v) is 46.4. The first-order valence-corrected chi connectivity index (χ1v) is 21.2. The van der Waals surface area contributed by atoms with Crippen LogP contribution in [0.2, 0.25) is 0 Å². The quantitative estimate of drug-likeness (QED) is 0.00757. The first kappa shape index (κ1) is 63.3. The van der Waals surface area contributed by atoms with Crippen LogP contribution in [0.15, 0.2) is 88.6 Å². The number of methoxy groups -OCH3 is 1. The number of azo groups is 2. The number of aromatic hydroxyl groups is 1. The average Bonchev–Trinajstić information content (AvgIpc) is 3.18. The van der Waals surface area contributed by atoms with E-state index in [0.29, 0.717) is 22.8 Å². The van der Waals surface area contributed by atoms with Gasteiger partial charge in [0.1, 0.15) is 39.5 Å². The summed E-state index contributed by atoms with van der Waals surface area (Å²) in [4.78, 5) is 4.44. The number of nitrogen functional groups attached to an aromatic ring is 1. The van der Waals surface area contributed by atoms with Gasteiger partial charge >= 0.3 is 118 Å². The molecule has 35 heteroatoms. The summed E-state index contributed by atoms with van der Waals surface area (Å²) in [7, 11) is -8.95. The number of hydrogen-bond donors (Lipinski definition) is 2. The van der Waals surface area contributed by atoms with Crippen molar-refractivity contribution < 1.29 is 211 Å². The Hall–Kier alpha value is 0.320. The van der Waals surface area contributed by atoms with Crippen molar-refractivity contribution in [3.05, 3.63) is 54.1 Å². The Balaban J connectivity index is 0. The van der Waals surface area contributed by atoms with E-state index in [1.165, 1.54) is 49.6 Å². The molecule has 1 unspecified atom stereocenters. The van der Waals surface area contributed by atoms with E-state index in [-0.39, 0.29) is 188 Å². The van der Waals surface area contributed by atoms with Gasteiger partial charge in [-0.1, -0.05) is 0 Å². The van der Waals surface area contributed by atoms with Gasteiger partial charge in [-0.3, -0.25) is 22.6 Å². The summed E-state index contributed by atoms with van der Waals surface area (Å²) >= 11 is -0.768. The second-order valence-corrected chi connectivity index (χ2v) is 16.0. The maximum absolute atomic E-state index is 12.4. The van der Waals surface area contributed by atoms with Gasteiger partial charge in [-0.15, -0.1) is 19.7 Å². The van der Waals surface area contributed by atoms with Gasteiger partial charge in [0.25, 0.3) is 0 Å². The third kappa shape index (κ3) is 20.1. The molecule has 324 valence electrons. The molecule has 1 atom stereocenters. The van der Waals surface area contributed by atoms with Crippen LogP contribution in [0, 0.1) is 6.92 Å². The van der Waals surface area contributed by atoms with Crippen molar-refractivity contribution in [2.45, 2.75) is 26.5 Å². The Morgan fingerprint density at radius 1 is 0.810 bits per heavy atom. The molecule has 0 aromatic heterocycles. The molecule has 0 bridgehead atoms. The van der Waals surface area contributed by atoms with Crippen LogP contribution in [0.5, 0.6) is 11.5 Å². The van der Waals surface area contributed by atoms with E-state index in [0.717, 1.165) is 18.1 Å². The summed E-state index contributed by atoms with van der Waals surface area (Å²) in [6.45, 7) is 0.420. The van der Waals surface area contributed by atoms with Crippen LogP contribution in [0.4, 0.5) is 28.4 Å². The van der Waals surface area contributed by atoms with E-state index in [1.54, 1.807) is 6.92 Å². The maximum Gasteiger partial charge on any atom is 1.00 e. The maximum atomic E-state index is 12.4. The van der Waals surface area contributed by atoms with E-state index in [9.17, 15) is 45.8 Å². The zero-order chi connectivity index (χ0) is 43.2. The molecule has 0 fully saturated rings. The fourth-order valence-electron chi connectivity index (χ4n) is 4.38. The molecule has 0 saturated carbocycles. The summed E-state index contributed by atoms with van der Waals surface area (Å²) < 4.78 is 114. The number of phenolic OH excluding ortho intramolecular Hbond substituents is 1. The number of phenols is 1. The predicted octanol–water partition coefficient (Wildman–Crippen LogP) is -8.05. The molecular formula is C28H27N5Na4O20S6. The normalized spacial score (nSPS) is 12.1. The third-order valence-electron chi connectivity index (χ3n) is 6.79. The largest absolute Gasteiger partial charge is 1.00 e. The minimum absolute atomic E-state index is 0. The van der Waals surface area contributed by atoms with E-state index in [2.05, 4.69) is 43.4 Å². The Morgan fingerprint density at radius 2 is 1.46 bits per heavy atom. The number of fused-ring (bicyclic) bond motifs is 1. The van der Waals surface area contributed by atoms with Gasteiger partial charge in [-0.25, -0.2) is 25.9 Å². The molecule has 63 heavy (non-hydrogen) atoms. The number of benzene rings is 4. The van der Waals surface area contributed by atoms with Gasteiger partial charge in [0, 0.05) is 6.32 Å². The van der Waals surface area contributed by atoms with Crippen LogP contribution in [0.3, 0.4) is 0 Å². The van der Waals surface area contributed by atoms with Crippen molar-refractivity contribution in [3.8, 4) is 11.5 Å². The number of ether oxygens (including phenoxy) is 1. The number of nitrogens with zero attached hydrogens (tertiary/aromatic N) is 4.